The van der Waals surface area contributed by atoms with Crippen LogP contribution >= 0.6 is 0 Å². The maximum absolute atomic E-state index is 5.76. The van der Waals surface area contributed by atoms with Gasteiger partial charge in [-0.25, -0.2) is 10.8 Å². The van der Waals surface area contributed by atoms with Gasteiger partial charge >= 0.3 is 0 Å². The molecule has 6 heteroatoms. The topological polar surface area (TPSA) is 72.1 Å². The van der Waals surface area contributed by atoms with Crippen molar-refractivity contribution in [1.29, 1.82) is 0 Å². The number of ether oxygens (including phenoxy) is 2. The molecule has 92 valence electrons. The van der Waals surface area contributed by atoms with Crippen molar-refractivity contribution in [3.8, 4) is 0 Å². The Morgan fingerprint density at radius 2 is 2.19 bits per heavy atom. The number of morpholine rings is 1. The van der Waals surface area contributed by atoms with E-state index in [0.29, 0.717) is 25.4 Å². The Morgan fingerprint density at radius 1 is 1.50 bits per heavy atom. The molecule has 6 nitrogen and oxygen atoms in total. The van der Waals surface area contributed by atoms with Gasteiger partial charge in [-0.05, 0) is 12.8 Å². The molecule has 2 aliphatic rings. The maximum Gasteiger partial charge on any atom is 0.208 e. The first kappa shape index (κ1) is 11.6. The van der Waals surface area contributed by atoms with Gasteiger partial charge in [0.25, 0.3) is 0 Å². The fourth-order valence-electron chi connectivity index (χ4n) is 2.27. The molecule has 2 aliphatic heterocycles. The Hall–Kier alpha value is -0.850. The third kappa shape index (κ3) is 2.63. The molecule has 0 aromatic rings. The van der Waals surface area contributed by atoms with Crippen molar-refractivity contribution in [2.24, 2.45) is 10.8 Å². The fraction of sp³-hybridized carbons (Fsp3) is 0.900. The van der Waals surface area contributed by atoms with Crippen LogP contribution in [0.1, 0.15) is 12.8 Å². The second-order valence-corrected chi connectivity index (χ2v) is 4.20. The first-order valence-corrected chi connectivity index (χ1v) is 5.74. The maximum atomic E-state index is 5.76. The van der Waals surface area contributed by atoms with E-state index in [-0.39, 0.29) is 0 Å². The Bertz CT molecular complexity index is 247. The zero-order valence-electron chi connectivity index (χ0n) is 9.69. The highest BCUT2D eigenvalue weighted by atomic mass is 16.5. The Morgan fingerprint density at radius 3 is 2.75 bits per heavy atom. The highest BCUT2D eigenvalue weighted by Gasteiger charge is 2.34. The molecule has 16 heavy (non-hydrogen) atoms. The number of methoxy groups -OCH3 is 1. The normalized spacial score (nSPS) is 29.6. The number of fused-ring (bicyclic) bond motifs is 2. The molecule has 2 heterocycles. The molecule has 3 N–H and O–H groups in total. The third-order valence-electron chi connectivity index (χ3n) is 3.03. The van der Waals surface area contributed by atoms with Crippen molar-refractivity contribution in [3.05, 3.63) is 0 Å². The number of nitrogens with two attached hydrogens (primary N) is 1. The Labute approximate surface area is 95.8 Å². The van der Waals surface area contributed by atoms with Gasteiger partial charge < -0.3 is 14.4 Å². The average molecular weight is 228 g/mol. The standard InChI is InChI=1S/C10H20N4O2/c1-15-5-4-12-10(13-11)14-6-8-2-3-9(7-14)16-8/h8-9H,2-7,11H2,1H3,(H,12,13). The summed E-state index contributed by atoms with van der Waals surface area (Å²) in [6.07, 6.45) is 2.99. The predicted octanol–water partition coefficient (Wildman–Crippen LogP) is -0.685. The molecule has 2 fully saturated rings. The lowest BCUT2D eigenvalue weighted by atomic mass is 10.2. The van der Waals surface area contributed by atoms with Crippen LogP contribution in [0.4, 0.5) is 0 Å². The summed E-state index contributed by atoms with van der Waals surface area (Å²) in [5.41, 5.74) is 2.66. The number of nitrogens with one attached hydrogen (secondary N) is 1. The smallest absolute Gasteiger partial charge is 0.208 e. The summed E-state index contributed by atoms with van der Waals surface area (Å²) in [7, 11) is 1.67. The van der Waals surface area contributed by atoms with Crippen LogP contribution < -0.4 is 11.3 Å². The van der Waals surface area contributed by atoms with E-state index in [1.54, 1.807) is 7.11 Å². The second-order valence-electron chi connectivity index (χ2n) is 4.20. The van der Waals surface area contributed by atoms with Crippen LogP contribution in [-0.4, -0.2) is 56.4 Å². The van der Waals surface area contributed by atoms with E-state index in [9.17, 15) is 0 Å². The van der Waals surface area contributed by atoms with Crippen LogP contribution in [-0.2, 0) is 9.47 Å². The Balaban J connectivity index is 1.91. The van der Waals surface area contributed by atoms with E-state index in [2.05, 4.69) is 15.3 Å². The van der Waals surface area contributed by atoms with Crippen LogP contribution in [0.2, 0.25) is 0 Å². The summed E-state index contributed by atoms with van der Waals surface area (Å²) in [6, 6.07) is 0. The fourth-order valence-corrected chi connectivity index (χ4v) is 2.27. The van der Waals surface area contributed by atoms with Crippen molar-refractivity contribution in [2.75, 3.05) is 33.4 Å². The number of guanidine groups is 1. The number of rotatable bonds is 3. The van der Waals surface area contributed by atoms with Crippen LogP contribution in [0, 0.1) is 0 Å². The minimum Gasteiger partial charge on any atom is -0.383 e. The molecule has 0 amide bonds. The van der Waals surface area contributed by atoms with Gasteiger partial charge in [0.05, 0.1) is 25.4 Å². The first-order valence-electron chi connectivity index (χ1n) is 5.74. The van der Waals surface area contributed by atoms with Gasteiger partial charge in [0, 0.05) is 20.2 Å². The predicted molar refractivity (Wildman–Crippen MR) is 61.0 cm³/mol. The molecule has 0 spiro atoms. The van der Waals surface area contributed by atoms with Gasteiger partial charge in [-0.2, -0.15) is 0 Å². The number of hydrazine groups is 1. The summed E-state index contributed by atoms with van der Waals surface area (Å²) >= 11 is 0. The van der Waals surface area contributed by atoms with Gasteiger partial charge in [0.2, 0.25) is 5.96 Å². The summed E-state index contributed by atoms with van der Waals surface area (Å²) < 4.78 is 10.7. The van der Waals surface area contributed by atoms with Gasteiger partial charge in [-0.15, -0.1) is 0 Å². The minimum atomic E-state index is 0.347. The summed E-state index contributed by atoms with van der Waals surface area (Å²) in [6.45, 7) is 3.00. The van der Waals surface area contributed by atoms with Crippen molar-refractivity contribution in [1.82, 2.24) is 10.3 Å². The lowest BCUT2D eigenvalue weighted by Crippen LogP contribution is -2.52. The van der Waals surface area contributed by atoms with E-state index >= 15 is 0 Å². The molecule has 2 unspecified atom stereocenters. The van der Waals surface area contributed by atoms with Gasteiger partial charge in [-0.3, -0.25) is 5.43 Å². The molecule has 2 saturated heterocycles. The molecule has 0 saturated carbocycles. The first-order chi connectivity index (χ1) is 7.83. The highest BCUT2D eigenvalue weighted by molar-refractivity contribution is 5.79. The molecule has 2 rings (SSSR count). The highest BCUT2D eigenvalue weighted by Crippen LogP contribution is 2.25. The summed E-state index contributed by atoms with van der Waals surface area (Å²) in [5.74, 6) is 6.24. The summed E-state index contributed by atoms with van der Waals surface area (Å²) in [5, 5.41) is 0. The largest absolute Gasteiger partial charge is 0.383 e. The van der Waals surface area contributed by atoms with Crippen LogP contribution in [0.25, 0.3) is 0 Å². The van der Waals surface area contributed by atoms with Crippen molar-refractivity contribution < 1.29 is 9.47 Å². The second kappa shape index (κ2) is 5.47. The van der Waals surface area contributed by atoms with Crippen molar-refractivity contribution in [2.45, 2.75) is 25.0 Å². The quantitative estimate of drug-likeness (QED) is 0.220. The van der Waals surface area contributed by atoms with Gasteiger partial charge in [-0.1, -0.05) is 0 Å². The lowest BCUT2D eigenvalue weighted by Gasteiger charge is -2.33. The van der Waals surface area contributed by atoms with Crippen LogP contribution in [0.3, 0.4) is 0 Å². The molecule has 0 aromatic heterocycles. The van der Waals surface area contributed by atoms with Crippen LogP contribution in [0.15, 0.2) is 4.99 Å². The van der Waals surface area contributed by atoms with E-state index in [0.717, 1.165) is 31.9 Å². The molecule has 2 bridgehead atoms. The van der Waals surface area contributed by atoms with E-state index in [1.807, 2.05) is 0 Å². The zero-order chi connectivity index (χ0) is 11.4. The summed E-state index contributed by atoms with van der Waals surface area (Å²) in [4.78, 5) is 6.55. The number of nitrogens with zero attached hydrogens (tertiary/aromatic N) is 2. The Kier molecular flexibility index (Phi) is 3.98. The monoisotopic (exact) mass is 228 g/mol. The molecule has 0 radical (unpaired) electrons. The third-order valence-corrected chi connectivity index (χ3v) is 3.03. The van der Waals surface area contributed by atoms with E-state index in [4.69, 9.17) is 15.3 Å². The van der Waals surface area contributed by atoms with Crippen molar-refractivity contribution >= 4 is 5.96 Å². The van der Waals surface area contributed by atoms with E-state index in [1.165, 1.54) is 0 Å². The average Bonchev–Trinajstić information content (AvgIpc) is 2.64. The molecule has 2 atom stereocenters. The van der Waals surface area contributed by atoms with E-state index < -0.39 is 0 Å². The van der Waals surface area contributed by atoms with Crippen LogP contribution in [0.5, 0.6) is 0 Å². The number of aliphatic imine (C=N–C) groups is 1. The molecular weight excluding hydrogens is 208 g/mol. The van der Waals surface area contributed by atoms with Gasteiger partial charge in [0.1, 0.15) is 0 Å². The molecular formula is C10H20N4O2. The number of likely N-dealkylation sites (tertiary alicyclic amines) is 1. The minimum absolute atomic E-state index is 0.347. The molecule has 0 aliphatic carbocycles. The molecule has 0 aromatic carbocycles. The lowest BCUT2D eigenvalue weighted by molar-refractivity contribution is -0.0168. The number of hydrogen-bond donors (Lipinski definition) is 2. The SMILES string of the molecule is COCCN=C(NN)N1CC2CCC(C1)O2. The zero-order valence-corrected chi connectivity index (χ0v) is 9.69. The van der Waals surface area contributed by atoms with Crippen molar-refractivity contribution in [3.63, 3.8) is 0 Å². The number of hydrogen-bond acceptors (Lipinski definition) is 4. The van der Waals surface area contributed by atoms with Gasteiger partial charge in [0.15, 0.2) is 0 Å².